The van der Waals surface area contributed by atoms with Gasteiger partial charge in [0, 0.05) is 44.6 Å². The summed E-state index contributed by atoms with van der Waals surface area (Å²) in [5, 5.41) is 0.186. The van der Waals surface area contributed by atoms with Gasteiger partial charge in [-0.3, -0.25) is 9.59 Å². The highest BCUT2D eigenvalue weighted by molar-refractivity contribution is 8.14. The minimum absolute atomic E-state index is 0.0834. The second-order valence-corrected chi connectivity index (χ2v) is 7.14. The lowest BCUT2D eigenvalue weighted by Gasteiger charge is -2.27. The molecule has 6 heteroatoms. The van der Waals surface area contributed by atoms with Gasteiger partial charge in [0.15, 0.2) is 5.12 Å². The Morgan fingerprint density at radius 2 is 2.25 bits per heavy atom. The quantitative estimate of drug-likeness (QED) is 0.848. The third-order valence-electron chi connectivity index (χ3n) is 3.98. The molecule has 1 amide bonds. The number of nitrogens with zero attached hydrogens (tertiary/aromatic N) is 3. The Morgan fingerprint density at radius 1 is 1.50 bits per heavy atom. The molecular formula is C14H19N3O2S. The number of likely N-dealkylation sites (tertiary alicyclic amines) is 1. The van der Waals surface area contributed by atoms with Crippen molar-refractivity contribution in [2.24, 2.45) is 13.0 Å². The largest absolute Gasteiger partial charge is 0.336 e. The highest BCUT2D eigenvalue weighted by atomic mass is 32.2. The van der Waals surface area contributed by atoms with Crippen LogP contribution < -0.4 is 0 Å². The van der Waals surface area contributed by atoms with E-state index in [4.69, 9.17) is 0 Å². The summed E-state index contributed by atoms with van der Waals surface area (Å²) in [6, 6.07) is 0.0834. The molecule has 108 valence electrons. The Balaban J connectivity index is 1.80. The van der Waals surface area contributed by atoms with E-state index in [-0.39, 0.29) is 22.3 Å². The van der Waals surface area contributed by atoms with Gasteiger partial charge in [-0.05, 0) is 18.8 Å². The van der Waals surface area contributed by atoms with E-state index in [0.717, 1.165) is 18.7 Å². The van der Waals surface area contributed by atoms with Crippen LogP contribution in [-0.4, -0.2) is 37.3 Å². The summed E-state index contributed by atoms with van der Waals surface area (Å²) in [6.45, 7) is 2.23. The summed E-state index contributed by atoms with van der Waals surface area (Å²) in [7, 11) is 1.97. The lowest BCUT2D eigenvalue weighted by molar-refractivity contribution is -0.130. The van der Waals surface area contributed by atoms with Gasteiger partial charge in [-0.2, -0.15) is 0 Å². The fourth-order valence-corrected chi connectivity index (χ4v) is 3.89. The average Bonchev–Trinajstić information content (AvgIpc) is 3.02. The second kappa shape index (κ2) is 5.24. The zero-order chi connectivity index (χ0) is 14.3. The van der Waals surface area contributed by atoms with Gasteiger partial charge in [-0.15, -0.1) is 0 Å². The molecule has 1 aromatic heterocycles. The molecular weight excluding hydrogens is 274 g/mol. The molecule has 2 unspecified atom stereocenters. The summed E-state index contributed by atoms with van der Waals surface area (Å²) in [6.07, 6.45) is 6.50. The van der Waals surface area contributed by atoms with Crippen LogP contribution in [0.1, 0.15) is 38.1 Å². The van der Waals surface area contributed by atoms with Crippen LogP contribution in [0.3, 0.4) is 0 Å². The number of rotatable bonds is 4. The van der Waals surface area contributed by atoms with Crippen molar-refractivity contribution in [2.75, 3.05) is 6.54 Å². The number of aryl methyl sites for hydroxylation is 1. The first-order valence-electron chi connectivity index (χ1n) is 7.00. The van der Waals surface area contributed by atoms with E-state index in [1.165, 1.54) is 11.8 Å². The molecule has 2 fully saturated rings. The highest BCUT2D eigenvalue weighted by Crippen LogP contribution is 2.46. The van der Waals surface area contributed by atoms with Gasteiger partial charge in [0.05, 0.1) is 6.04 Å². The predicted octanol–water partition coefficient (Wildman–Crippen LogP) is 1.75. The van der Waals surface area contributed by atoms with Gasteiger partial charge >= 0.3 is 0 Å². The van der Waals surface area contributed by atoms with Crippen molar-refractivity contribution in [1.29, 1.82) is 0 Å². The Hall–Kier alpha value is -1.30. The fraction of sp³-hybridized carbons (Fsp3) is 0.643. The molecule has 3 rings (SSSR count). The Kier molecular flexibility index (Phi) is 3.58. The van der Waals surface area contributed by atoms with Gasteiger partial charge in [-0.1, -0.05) is 11.8 Å². The van der Waals surface area contributed by atoms with Crippen molar-refractivity contribution in [3.8, 4) is 0 Å². The summed E-state index contributed by atoms with van der Waals surface area (Å²) < 4.78 is 2.00. The minimum Gasteiger partial charge on any atom is -0.336 e. The SMILES string of the molecule is CC(=O)SC1CC(=O)N(C(c2nccn2C)C2CC2)C1. The Bertz CT molecular complexity index is 538. The van der Waals surface area contributed by atoms with E-state index in [2.05, 4.69) is 4.98 Å². The maximum Gasteiger partial charge on any atom is 0.224 e. The summed E-state index contributed by atoms with van der Waals surface area (Å²) in [5.41, 5.74) is 0. The van der Waals surface area contributed by atoms with E-state index in [1.54, 1.807) is 13.1 Å². The van der Waals surface area contributed by atoms with Crippen LogP contribution in [-0.2, 0) is 16.6 Å². The van der Waals surface area contributed by atoms with Crippen molar-refractivity contribution < 1.29 is 9.59 Å². The molecule has 1 saturated heterocycles. The standard InChI is InChI=1S/C14H19N3O2S/c1-9(18)20-11-7-12(19)17(8-11)13(10-3-4-10)14-15-5-6-16(14)2/h5-6,10-11,13H,3-4,7-8H2,1-2H3. The molecule has 1 saturated carbocycles. The number of carbonyl (C=O) groups excluding carboxylic acids is 2. The van der Waals surface area contributed by atoms with Crippen LogP contribution in [0.15, 0.2) is 12.4 Å². The molecule has 0 aromatic carbocycles. The van der Waals surface area contributed by atoms with E-state index in [9.17, 15) is 9.59 Å². The number of imidazole rings is 1. The van der Waals surface area contributed by atoms with Crippen molar-refractivity contribution in [3.63, 3.8) is 0 Å². The molecule has 0 spiro atoms. The molecule has 5 nitrogen and oxygen atoms in total. The number of aromatic nitrogens is 2. The molecule has 2 aliphatic rings. The van der Waals surface area contributed by atoms with Crippen molar-refractivity contribution >= 4 is 22.8 Å². The lowest BCUT2D eigenvalue weighted by Crippen LogP contribution is -2.33. The predicted molar refractivity (Wildman–Crippen MR) is 77.1 cm³/mol. The molecule has 1 aliphatic carbocycles. The number of amides is 1. The van der Waals surface area contributed by atoms with Crippen LogP contribution in [0, 0.1) is 5.92 Å². The van der Waals surface area contributed by atoms with Crippen molar-refractivity contribution in [1.82, 2.24) is 14.5 Å². The van der Waals surface area contributed by atoms with E-state index in [0.29, 0.717) is 18.9 Å². The van der Waals surface area contributed by atoms with Gasteiger partial charge in [0.25, 0.3) is 0 Å². The first-order chi connectivity index (χ1) is 9.56. The molecule has 1 aromatic rings. The second-order valence-electron chi connectivity index (χ2n) is 5.66. The monoisotopic (exact) mass is 293 g/mol. The third kappa shape index (κ3) is 2.61. The first kappa shape index (κ1) is 13.7. The smallest absolute Gasteiger partial charge is 0.224 e. The molecule has 1 aliphatic heterocycles. The highest BCUT2D eigenvalue weighted by Gasteiger charge is 2.44. The van der Waals surface area contributed by atoms with Crippen LogP contribution in [0.2, 0.25) is 0 Å². The molecule has 0 bridgehead atoms. The normalized spacial score (nSPS) is 24.2. The molecule has 0 N–H and O–H groups in total. The van der Waals surface area contributed by atoms with Gasteiger partial charge < -0.3 is 9.47 Å². The third-order valence-corrected chi connectivity index (χ3v) is 4.96. The summed E-state index contributed by atoms with van der Waals surface area (Å²) >= 11 is 1.29. The average molecular weight is 293 g/mol. The van der Waals surface area contributed by atoms with Gasteiger partial charge in [0.1, 0.15) is 5.82 Å². The number of thioether (sulfide) groups is 1. The van der Waals surface area contributed by atoms with Crippen LogP contribution in [0.25, 0.3) is 0 Å². The van der Waals surface area contributed by atoms with Gasteiger partial charge in [-0.25, -0.2) is 4.98 Å². The maximum absolute atomic E-state index is 12.3. The molecule has 2 heterocycles. The molecule has 0 radical (unpaired) electrons. The topological polar surface area (TPSA) is 55.2 Å². The Labute approximate surface area is 122 Å². The number of carbonyl (C=O) groups is 2. The molecule has 2 atom stereocenters. The van der Waals surface area contributed by atoms with E-state index < -0.39 is 0 Å². The van der Waals surface area contributed by atoms with E-state index in [1.807, 2.05) is 22.7 Å². The van der Waals surface area contributed by atoms with E-state index >= 15 is 0 Å². The Morgan fingerprint density at radius 3 is 2.80 bits per heavy atom. The zero-order valence-corrected chi connectivity index (χ0v) is 12.6. The summed E-state index contributed by atoms with van der Waals surface area (Å²) in [5.74, 6) is 1.65. The van der Waals surface area contributed by atoms with Crippen molar-refractivity contribution in [3.05, 3.63) is 18.2 Å². The minimum atomic E-state index is 0.0834. The number of hydrogen-bond acceptors (Lipinski definition) is 4. The van der Waals surface area contributed by atoms with Crippen LogP contribution >= 0.6 is 11.8 Å². The summed E-state index contributed by atoms with van der Waals surface area (Å²) in [4.78, 5) is 29.9. The van der Waals surface area contributed by atoms with Crippen molar-refractivity contribution in [2.45, 2.75) is 37.5 Å². The van der Waals surface area contributed by atoms with Crippen LogP contribution in [0.5, 0.6) is 0 Å². The zero-order valence-electron chi connectivity index (χ0n) is 11.8. The first-order valence-corrected chi connectivity index (χ1v) is 7.88. The maximum atomic E-state index is 12.3. The van der Waals surface area contributed by atoms with Crippen LogP contribution in [0.4, 0.5) is 0 Å². The molecule has 20 heavy (non-hydrogen) atoms. The number of hydrogen-bond donors (Lipinski definition) is 0. The van der Waals surface area contributed by atoms with Gasteiger partial charge in [0.2, 0.25) is 5.91 Å². The lowest BCUT2D eigenvalue weighted by atomic mass is 10.1. The fourth-order valence-electron chi connectivity index (χ4n) is 2.96.